The molecule has 0 saturated carbocycles. The summed E-state index contributed by atoms with van der Waals surface area (Å²) in [4.78, 5) is 28.6. The van der Waals surface area contributed by atoms with Crippen LogP contribution in [0.15, 0.2) is 23.2 Å². The van der Waals surface area contributed by atoms with Gasteiger partial charge in [0.25, 0.3) is 5.91 Å². The van der Waals surface area contributed by atoms with Gasteiger partial charge in [0.05, 0.1) is 16.4 Å². The molecule has 0 spiro atoms. The van der Waals surface area contributed by atoms with Crippen molar-refractivity contribution in [1.82, 2.24) is 14.4 Å². The Balaban J connectivity index is 1.52. The Morgan fingerprint density at radius 2 is 2.21 bits per heavy atom. The number of aryl methyl sites for hydroxylation is 1. The summed E-state index contributed by atoms with van der Waals surface area (Å²) in [6.07, 6.45) is 4.94. The van der Waals surface area contributed by atoms with Crippen LogP contribution in [0.5, 0.6) is 0 Å². The molecule has 152 valence electrons. The number of sulfone groups is 1. The molecule has 0 radical (unpaired) electrons. The van der Waals surface area contributed by atoms with Crippen LogP contribution in [0.4, 0.5) is 0 Å². The van der Waals surface area contributed by atoms with Gasteiger partial charge in [0.1, 0.15) is 4.32 Å². The van der Waals surface area contributed by atoms with E-state index < -0.39 is 9.84 Å². The first-order valence-corrected chi connectivity index (χ1v) is 12.1. The van der Waals surface area contributed by atoms with E-state index in [4.69, 9.17) is 12.2 Å². The van der Waals surface area contributed by atoms with Crippen molar-refractivity contribution in [3.8, 4) is 0 Å². The van der Waals surface area contributed by atoms with E-state index in [1.54, 1.807) is 7.05 Å². The maximum absolute atomic E-state index is 12.6. The Kier molecular flexibility index (Phi) is 6.31. The van der Waals surface area contributed by atoms with Crippen molar-refractivity contribution >= 4 is 56.0 Å². The fraction of sp³-hybridized carbons (Fsp3) is 0.500. The van der Waals surface area contributed by atoms with Gasteiger partial charge in [-0.25, -0.2) is 8.42 Å². The molecule has 3 heterocycles. The summed E-state index contributed by atoms with van der Waals surface area (Å²) in [5.41, 5.74) is 0.920. The van der Waals surface area contributed by atoms with Gasteiger partial charge < -0.3 is 9.47 Å². The number of thiocarbonyl (C=S) groups is 1. The molecule has 0 aliphatic carbocycles. The van der Waals surface area contributed by atoms with Gasteiger partial charge in [0.15, 0.2) is 9.84 Å². The second kappa shape index (κ2) is 8.38. The summed E-state index contributed by atoms with van der Waals surface area (Å²) >= 11 is 6.59. The summed E-state index contributed by atoms with van der Waals surface area (Å²) < 4.78 is 25.6. The average molecular weight is 442 g/mol. The minimum atomic E-state index is -3.03. The van der Waals surface area contributed by atoms with E-state index in [0.29, 0.717) is 28.6 Å². The second-order valence-corrected chi connectivity index (χ2v) is 10.9. The Bertz CT molecular complexity index is 936. The van der Waals surface area contributed by atoms with Crippen LogP contribution in [0, 0.1) is 0 Å². The lowest BCUT2D eigenvalue weighted by Crippen LogP contribution is -2.38. The molecule has 2 fully saturated rings. The molecule has 2 aliphatic heterocycles. The number of amides is 2. The first-order valence-electron chi connectivity index (χ1n) is 9.01. The summed E-state index contributed by atoms with van der Waals surface area (Å²) in [6, 6.07) is 3.58. The minimum absolute atomic E-state index is 0.0356. The third-order valence-corrected chi connectivity index (χ3v) is 8.19. The fourth-order valence-electron chi connectivity index (χ4n) is 3.30. The van der Waals surface area contributed by atoms with Gasteiger partial charge in [-0.15, -0.1) is 0 Å². The first kappa shape index (κ1) is 21.1. The molecule has 2 amide bonds. The van der Waals surface area contributed by atoms with Gasteiger partial charge in [-0.1, -0.05) is 24.0 Å². The second-order valence-electron chi connectivity index (χ2n) is 7.04. The lowest BCUT2D eigenvalue weighted by atomic mass is 10.2. The van der Waals surface area contributed by atoms with Crippen molar-refractivity contribution < 1.29 is 18.0 Å². The highest BCUT2D eigenvalue weighted by Crippen LogP contribution is 2.32. The van der Waals surface area contributed by atoms with Gasteiger partial charge in [0, 0.05) is 45.0 Å². The monoisotopic (exact) mass is 441 g/mol. The summed E-state index contributed by atoms with van der Waals surface area (Å²) in [7, 11) is 0.528. The van der Waals surface area contributed by atoms with Crippen LogP contribution >= 0.6 is 24.0 Å². The number of thioether (sulfide) groups is 1. The maximum Gasteiger partial charge on any atom is 0.266 e. The van der Waals surface area contributed by atoms with Gasteiger partial charge in [-0.2, -0.15) is 0 Å². The molecule has 0 aromatic carbocycles. The molecule has 1 unspecified atom stereocenters. The zero-order valence-electron chi connectivity index (χ0n) is 15.8. The van der Waals surface area contributed by atoms with E-state index in [1.165, 1.54) is 21.6 Å². The van der Waals surface area contributed by atoms with Crippen molar-refractivity contribution in [2.75, 3.05) is 25.1 Å². The Morgan fingerprint density at radius 1 is 1.46 bits per heavy atom. The molecule has 10 heteroatoms. The van der Waals surface area contributed by atoms with Crippen LogP contribution in [0.1, 0.15) is 25.0 Å². The van der Waals surface area contributed by atoms with Crippen LogP contribution in [0.3, 0.4) is 0 Å². The van der Waals surface area contributed by atoms with Crippen LogP contribution in [0.2, 0.25) is 0 Å². The predicted octanol–water partition coefficient (Wildman–Crippen LogP) is 1.65. The molecular weight excluding hydrogens is 418 g/mol. The van der Waals surface area contributed by atoms with E-state index in [9.17, 15) is 18.0 Å². The Labute approximate surface area is 174 Å². The quantitative estimate of drug-likeness (QED) is 0.493. The Hall–Kier alpha value is -1.65. The molecule has 2 aliphatic rings. The average Bonchev–Trinajstić information content (AvgIpc) is 3.28. The van der Waals surface area contributed by atoms with E-state index >= 15 is 0 Å². The molecule has 1 atom stereocenters. The van der Waals surface area contributed by atoms with E-state index in [2.05, 4.69) is 0 Å². The SMILES string of the molecule is CN(C(=O)CCCN1C(=O)C(=Cc2cccn2C)SC1=S)C1CCS(=O)(=O)C1. The highest BCUT2D eigenvalue weighted by molar-refractivity contribution is 8.26. The smallest absolute Gasteiger partial charge is 0.266 e. The zero-order chi connectivity index (χ0) is 20.5. The lowest BCUT2D eigenvalue weighted by molar-refractivity contribution is -0.132. The van der Waals surface area contributed by atoms with E-state index in [-0.39, 0.29) is 35.8 Å². The predicted molar refractivity (Wildman–Crippen MR) is 114 cm³/mol. The van der Waals surface area contributed by atoms with Crippen molar-refractivity contribution in [3.05, 3.63) is 28.9 Å². The molecular formula is C18H23N3O4S3. The van der Waals surface area contributed by atoms with E-state index in [0.717, 1.165) is 5.69 Å². The third kappa shape index (κ3) is 4.66. The number of carbonyl (C=O) groups excluding carboxylic acids is 2. The fourth-order valence-corrected chi connectivity index (χ4v) is 6.37. The molecule has 3 rings (SSSR count). The first-order chi connectivity index (χ1) is 13.2. The molecule has 1 aromatic heterocycles. The molecule has 7 nitrogen and oxygen atoms in total. The third-order valence-electron chi connectivity index (χ3n) is 5.06. The largest absolute Gasteiger partial charge is 0.351 e. The number of aromatic nitrogens is 1. The molecule has 0 N–H and O–H groups in total. The maximum atomic E-state index is 12.6. The normalized spacial score (nSPS) is 23.0. The van der Waals surface area contributed by atoms with Crippen LogP contribution in [0.25, 0.3) is 6.08 Å². The van der Waals surface area contributed by atoms with Gasteiger partial charge in [-0.3, -0.25) is 14.5 Å². The summed E-state index contributed by atoms with van der Waals surface area (Å²) in [5, 5.41) is 0. The topological polar surface area (TPSA) is 79.7 Å². The number of carbonyl (C=O) groups is 2. The molecule has 0 bridgehead atoms. The van der Waals surface area contributed by atoms with Crippen molar-refractivity contribution in [2.24, 2.45) is 7.05 Å². The highest BCUT2D eigenvalue weighted by atomic mass is 32.2. The number of hydrogen-bond acceptors (Lipinski definition) is 6. The van der Waals surface area contributed by atoms with Crippen molar-refractivity contribution in [1.29, 1.82) is 0 Å². The molecule has 28 heavy (non-hydrogen) atoms. The summed E-state index contributed by atoms with van der Waals surface area (Å²) in [5.74, 6) is -0.0708. The van der Waals surface area contributed by atoms with Crippen LogP contribution < -0.4 is 0 Å². The summed E-state index contributed by atoms with van der Waals surface area (Å²) in [6.45, 7) is 0.373. The number of nitrogens with zero attached hydrogens (tertiary/aromatic N) is 3. The standard InChI is InChI=1S/C18H23N3O4S3/c1-19-8-3-5-13(19)11-15-17(23)21(18(26)27-15)9-4-6-16(22)20(2)14-7-10-28(24,25)12-14/h3,5,8,11,14H,4,6-7,9-10,12H2,1-2H3. The van der Waals surface area contributed by atoms with Crippen LogP contribution in [-0.4, -0.2) is 70.1 Å². The molecule has 2 saturated heterocycles. The minimum Gasteiger partial charge on any atom is -0.351 e. The highest BCUT2D eigenvalue weighted by Gasteiger charge is 2.34. The zero-order valence-corrected chi connectivity index (χ0v) is 18.3. The van der Waals surface area contributed by atoms with E-state index in [1.807, 2.05) is 36.0 Å². The Morgan fingerprint density at radius 3 is 2.82 bits per heavy atom. The van der Waals surface area contributed by atoms with Gasteiger partial charge >= 0.3 is 0 Å². The van der Waals surface area contributed by atoms with Gasteiger partial charge in [0.2, 0.25) is 5.91 Å². The van der Waals surface area contributed by atoms with Crippen LogP contribution in [-0.2, 0) is 26.5 Å². The number of hydrogen-bond donors (Lipinski definition) is 0. The van der Waals surface area contributed by atoms with Crippen molar-refractivity contribution in [2.45, 2.75) is 25.3 Å². The van der Waals surface area contributed by atoms with Crippen molar-refractivity contribution in [3.63, 3.8) is 0 Å². The molecule has 1 aromatic rings. The van der Waals surface area contributed by atoms with Gasteiger partial charge in [-0.05, 0) is 31.1 Å². The lowest BCUT2D eigenvalue weighted by Gasteiger charge is -2.24. The number of rotatable bonds is 6.